The molecule has 0 atom stereocenters. The molecule has 0 spiro atoms. The van der Waals surface area contributed by atoms with Crippen LogP contribution in [0.15, 0.2) is 54.6 Å². The predicted molar refractivity (Wildman–Crippen MR) is 70.3 cm³/mol. The molecule has 2 heterocycles. The Morgan fingerprint density at radius 3 is 2.50 bits per heavy atom. The zero-order valence-corrected chi connectivity index (χ0v) is 9.37. The van der Waals surface area contributed by atoms with Crippen LogP contribution in [-0.4, -0.2) is 4.40 Å². The number of aromatic nitrogens is 1. The minimum atomic E-state index is 1.30. The van der Waals surface area contributed by atoms with Crippen molar-refractivity contribution in [2.45, 2.75) is 0 Å². The maximum atomic E-state index is 2.34. The number of benzene rings is 2. The Hall–Kier alpha value is -1.80. The summed E-state index contributed by atoms with van der Waals surface area (Å²) in [6.45, 7) is 0. The van der Waals surface area contributed by atoms with Gasteiger partial charge in [-0.1, -0.05) is 30.3 Å². The summed E-state index contributed by atoms with van der Waals surface area (Å²) in [5.41, 5.74) is 2.61. The van der Waals surface area contributed by atoms with Gasteiger partial charge in [-0.2, -0.15) is 0 Å². The number of fused-ring (bicyclic) bond motifs is 5. The molecule has 1 nitrogen and oxygen atoms in total. The molecule has 0 saturated heterocycles. The van der Waals surface area contributed by atoms with Crippen LogP contribution >= 0.6 is 11.3 Å². The summed E-state index contributed by atoms with van der Waals surface area (Å²) in [4.78, 5) is 1.32. The van der Waals surface area contributed by atoms with Crippen LogP contribution in [0.5, 0.6) is 0 Å². The van der Waals surface area contributed by atoms with E-state index in [1.54, 1.807) is 0 Å². The van der Waals surface area contributed by atoms with Crippen molar-refractivity contribution in [3.63, 3.8) is 0 Å². The first-order chi connectivity index (χ1) is 7.93. The van der Waals surface area contributed by atoms with Gasteiger partial charge in [0.15, 0.2) is 0 Å². The topological polar surface area (TPSA) is 4.41 Å². The summed E-state index contributed by atoms with van der Waals surface area (Å²) < 4.78 is 3.69. The van der Waals surface area contributed by atoms with E-state index in [2.05, 4.69) is 59.0 Å². The van der Waals surface area contributed by atoms with Crippen molar-refractivity contribution >= 4 is 37.3 Å². The number of thiazole rings is 1. The molecule has 16 heavy (non-hydrogen) atoms. The summed E-state index contributed by atoms with van der Waals surface area (Å²) >= 11 is 1.85. The molecule has 4 aromatic rings. The van der Waals surface area contributed by atoms with Gasteiger partial charge in [-0.3, -0.25) is 4.40 Å². The molecule has 0 radical (unpaired) electrons. The van der Waals surface area contributed by atoms with Gasteiger partial charge in [0.2, 0.25) is 0 Å². The highest BCUT2D eigenvalue weighted by Crippen LogP contribution is 2.31. The molecule has 0 fully saturated rings. The molecule has 2 aromatic carbocycles. The summed E-state index contributed by atoms with van der Waals surface area (Å²) in [6.07, 6.45) is 0. The summed E-state index contributed by atoms with van der Waals surface area (Å²) in [5.74, 6) is 0. The van der Waals surface area contributed by atoms with Gasteiger partial charge < -0.3 is 0 Å². The molecule has 0 N–H and O–H groups in total. The first kappa shape index (κ1) is 8.36. The zero-order valence-electron chi connectivity index (χ0n) is 8.55. The molecular formula is C14H9NS. The molecule has 2 heteroatoms. The SMILES string of the molecule is c1ccc2c(c1)cc1sc3ccccc3n12. The van der Waals surface area contributed by atoms with Crippen molar-refractivity contribution in [2.75, 3.05) is 0 Å². The van der Waals surface area contributed by atoms with E-state index in [4.69, 9.17) is 0 Å². The molecule has 0 bridgehead atoms. The molecular weight excluding hydrogens is 214 g/mol. The van der Waals surface area contributed by atoms with Gasteiger partial charge in [-0.25, -0.2) is 0 Å². The monoisotopic (exact) mass is 223 g/mol. The number of hydrogen-bond acceptors (Lipinski definition) is 1. The Bertz CT molecular complexity index is 742. The molecule has 0 saturated carbocycles. The van der Waals surface area contributed by atoms with E-state index in [0.717, 1.165) is 0 Å². The second-order valence-corrected chi connectivity index (χ2v) is 5.01. The molecule has 0 aliphatic rings. The smallest absolute Gasteiger partial charge is 0.101 e. The Kier molecular flexibility index (Phi) is 1.50. The molecule has 0 aliphatic heterocycles. The van der Waals surface area contributed by atoms with E-state index in [1.165, 1.54) is 25.9 Å². The Balaban J connectivity index is 2.38. The summed E-state index contributed by atoms with van der Waals surface area (Å²) in [7, 11) is 0. The van der Waals surface area contributed by atoms with E-state index in [1.807, 2.05) is 11.3 Å². The molecule has 4 rings (SSSR count). The number of nitrogens with zero attached hydrogens (tertiary/aromatic N) is 1. The van der Waals surface area contributed by atoms with Crippen LogP contribution in [0.4, 0.5) is 0 Å². The Labute approximate surface area is 96.6 Å². The molecule has 0 aliphatic carbocycles. The van der Waals surface area contributed by atoms with Crippen LogP contribution in [0.3, 0.4) is 0 Å². The summed E-state index contributed by atoms with van der Waals surface area (Å²) in [5, 5.41) is 1.32. The van der Waals surface area contributed by atoms with Crippen LogP contribution < -0.4 is 0 Å². The van der Waals surface area contributed by atoms with Gasteiger partial charge in [0.1, 0.15) is 4.83 Å². The van der Waals surface area contributed by atoms with Gasteiger partial charge >= 0.3 is 0 Å². The standard InChI is InChI=1S/C14H9NS/c1-2-6-11-10(5-1)9-14-15(11)12-7-3-4-8-13(12)16-14/h1-9H. The van der Waals surface area contributed by atoms with Crippen molar-refractivity contribution in [3.05, 3.63) is 54.6 Å². The zero-order chi connectivity index (χ0) is 10.5. The minimum Gasteiger partial charge on any atom is -0.300 e. The average Bonchev–Trinajstić information content (AvgIpc) is 2.83. The second kappa shape index (κ2) is 2.86. The normalized spacial score (nSPS) is 11.8. The predicted octanol–water partition coefficient (Wildman–Crippen LogP) is 4.31. The third-order valence-corrected chi connectivity index (χ3v) is 4.07. The van der Waals surface area contributed by atoms with Crippen molar-refractivity contribution in [1.29, 1.82) is 0 Å². The highest BCUT2D eigenvalue weighted by Gasteiger charge is 2.07. The highest BCUT2D eigenvalue weighted by molar-refractivity contribution is 7.24. The summed E-state index contributed by atoms with van der Waals surface area (Å²) in [6, 6.07) is 19.4. The third-order valence-electron chi connectivity index (χ3n) is 3.00. The van der Waals surface area contributed by atoms with Crippen molar-refractivity contribution < 1.29 is 0 Å². The first-order valence-corrected chi connectivity index (χ1v) is 6.13. The van der Waals surface area contributed by atoms with Crippen LogP contribution in [0.2, 0.25) is 0 Å². The van der Waals surface area contributed by atoms with E-state index in [0.29, 0.717) is 0 Å². The minimum absolute atomic E-state index is 1.30. The van der Waals surface area contributed by atoms with Gasteiger partial charge in [-0.15, -0.1) is 11.3 Å². The molecule has 0 amide bonds. The third kappa shape index (κ3) is 0.947. The second-order valence-electron chi connectivity index (χ2n) is 3.95. The van der Waals surface area contributed by atoms with Crippen LogP contribution in [0.1, 0.15) is 0 Å². The van der Waals surface area contributed by atoms with Crippen molar-refractivity contribution in [2.24, 2.45) is 0 Å². The van der Waals surface area contributed by atoms with Crippen LogP contribution in [0, 0.1) is 0 Å². The van der Waals surface area contributed by atoms with Gasteiger partial charge in [0.05, 0.1) is 15.7 Å². The van der Waals surface area contributed by atoms with Crippen LogP contribution in [-0.2, 0) is 0 Å². The number of rotatable bonds is 0. The van der Waals surface area contributed by atoms with E-state index >= 15 is 0 Å². The number of hydrogen-bond donors (Lipinski definition) is 0. The number of para-hydroxylation sites is 2. The van der Waals surface area contributed by atoms with Gasteiger partial charge in [-0.05, 0) is 24.3 Å². The first-order valence-electron chi connectivity index (χ1n) is 5.31. The fourth-order valence-corrected chi connectivity index (χ4v) is 3.40. The lowest BCUT2D eigenvalue weighted by molar-refractivity contribution is 1.37. The fraction of sp³-hybridized carbons (Fsp3) is 0. The van der Waals surface area contributed by atoms with E-state index in [-0.39, 0.29) is 0 Å². The maximum Gasteiger partial charge on any atom is 0.101 e. The lowest BCUT2D eigenvalue weighted by atomic mass is 10.2. The van der Waals surface area contributed by atoms with Crippen molar-refractivity contribution in [3.8, 4) is 0 Å². The van der Waals surface area contributed by atoms with Gasteiger partial charge in [0.25, 0.3) is 0 Å². The van der Waals surface area contributed by atoms with E-state index in [9.17, 15) is 0 Å². The highest BCUT2D eigenvalue weighted by atomic mass is 32.1. The van der Waals surface area contributed by atoms with Gasteiger partial charge in [0, 0.05) is 5.39 Å². The Morgan fingerprint density at radius 1 is 0.812 bits per heavy atom. The molecule has 0 unspecified atom stereocenters. The molecule has 76 valence electrons. The maximum absolute atomic E-state index is 2.34. The fourth-order valence-electron chi connectivity index (χ4n) is 2.29. The Morgan fingerprint density at radius 2 is 1.56 bits per heavy atom. The average molecular weight is 223 g/mol. The lowest BCUT2D eigenvalue weighted by Gasteiger charge is -1.94. The largest absolute Gasteiger partial charge is 0.300 e. The molecule has 2 aromatic heterocycles. The van der Waals surface area contributed by atoms with Crippen LogP contribution in [0.25, 0.3) is 25.9 Å². The lowest BCUT2D eigenvalue weighted by Crippen LogP contribution is -1.78. The van der Waals surface area contributed by atoms with E-state index < -0.39 is 0 Å². The van der Waals surface area contributed by atoms with Crippen molar-refractivity contribution in [1.82, 2.24) is 4.40 Å². The quantitative estimate of drug-likeness (QED) is 0.418.